The first-order valence-electron chi connectivity index (χ1n) is 6.01. The normalized spacial score (nSPS) is 9.70. The molecule has 0 bridgehead atoms. The Kier molecular flexibility index (Phi) is 4.53. The topological polar surface area (TPSA) is 64.4 Å². The smallest absolute Gasteiger partial charge is 0.253 e. The Morgan fingerprint density at radius 3 is 2.95 bits per heavy atom. The SMILES string of the molecule is COc1ccc(Cn2cnccc2=O)cc1C#CCO. The van der Waals surface area contributed by atoms with Crippen LogP contribution in [0.5, 0.6) is 5.75 Å². The zero-order valence-corrected chi connectivity index (χ0v) is 11.0. The average Bonchev–Trinajstić information content (AvgIpc) is 2.47. The zero-order valence-electron chi connectivity index (χ0n) is 11.0. The minimum Gasteiger partial charge on any atom is -0.495 e. The highest BCUT2D eigenvalue weighted by molar-refractivity contribution is 5.48. The molecule has 102 valence electrons. The van der Waals surface area contributed by atoms with Crippen molar-refractivity contribution in [1.82, 2.24) is 9.55 Å². The average molecular weight is 270 g/mol. The molecule has 5 heteroatoms. The van der Waals surface area contributed by atoms with Gasteiger partial charge in [0.25, 0.3) is 5.56 Å². The molecule has 0 saturated carbocycles. The predicted molar refractivity (Wildman–Crippen MR) is 74.6 cm³/mol. The Morgan fingerprint density at radius 1 is 1.40 bits per heavy atom. The summed E-state index contributed by atoms with van der Waals surface area (Å²) in [6, 6.07) is 6.90. The van der Waals surface area contributed by atoms with Gasteiger partial charge in [-0.3, -0.25) is 9.36 Å². The van der Waals surface area contributed by atoms with Crippen LogP contribution in [0.2, 0.25) is 0 Å². The lowest BCUT2D eigenvalue weighted by atomic mass is 10.1. The number of aromatic nitrogens is 2. The van der Waals surface area contributed by atoms with Gasteiger partial charge in [0.15, 0.2) is 0 Å². The number of aliphatic hydroxyl groups is 1. The van der Waals surface area contributed by atoms with Crippen LogP contribution in [-0.2, 0) is 6.54 Å². The fraction of sp³-hybridized carbons (Fsp3) is 0.200. The third kappa shape index (κ3) is 3.25. The first-order chi connectivity index (χ1) is 9.74. The maximum atomic E-state index is 11.6. The number of benzene rings is 1. The number of hydrogen-bond donors (Lipinski definition) is 1. The summed E-state index contributed by atoms with van der Waals surface area (Å²) in [5, 5.41) is 8.76. The summed E-state index contributed by atoms with van der Waals surface area (Å²) in [5.74, 6) is 6.05. The van der Waals surface area contributed by atoms with Crippen LogP contribution < -0.4 is 10.3 Å². The molecule has 2 aromatic rings. The van der Waals surface area contributed by atoms with Crippen molar-refractivity contribution in [2.75, 3.05) is 13.7 Å². The number of aliphatic hydroxyl groups excluding tert-OH is 1. The highest BCUT2D eigenvalue weighted by atomic mass is 16.5. The van der Waals surface area contributed by atoms with Gasteiger partial charge in [-0.2, -0.15) is 0 Å². The van der Waals surface area contributed by atoms with Crippen LogP contribution >= 0.6 is 0 Å². The molecule has 20 heavy (non-hydrogen) atoms. The summed E-state index contributed by atoms with van der Waals surface area (Å²) in [7, 11) is 1.56. The Labute approximate surface area is 116 Å². The molecule has 1 aromatic carbocycles. The van der Waals surface area contributed by atoms with Crippen LogP contribution in [0.3, 0.4) is 0 Å². The van der Waals surface area contributed by atoms with Crippen LogP contribution in [0.15, 0.2) is 41.6 Å². The van der Waals surface area contributed by atoms with E-state index in [0.29, 0.717) is 17.9 Å². The van der Waals surface area contributed by atoms with Gasteiger partial charge in [-0.15, -0.1) is 0 Å². The van der Waals surface area contributed by atoms with Crippen LogP contribution in [-0.4, -0.2) is 28.4 Å². The maximum absolute atomic E-state index is 11.6. The van der Waals surface area contributed by atoms with Gasteiger partial charge in [-0.1, -0.05) is 17.9 Å². The van der Waals surface area contributed by atoms with Gasteiger partial charge in [-0.05, 0) is 17.7 Å². The van der Waals surface area contributed by atoms with Gasteiger partial charge in [0, 0.05) is 12.3 Å². The third-order valence-corrected chi connectivity index (χ3v) is 2.71. The molecule has 1 heterocycles. The number of hydrogen-bond acceptors (Lipinski definition) is 4. The molecule has 0 aliphatic carbocycles. The molecule has 0 radical (unpaired) electrons. The van der Waals surface area contributed by atoms with Crippen molar-refractivity contribution in [1.29, 1.82) is 0 Å². The molecule has 2 rings (SSSR count). The summed E-state index contributed by atoms with van der Waals surface area (Å²) >= 11 is 0. The van der Waals surface area contributed by atoms with Crippen LogP contribution in [0, 0.1) is 11.8 Å². The first-order valence-corrected chi connectivity index (χ1v) is 6.01. The number of nitrogens with zero attached hydrogens (tertiary/aromatic N) is 2. The highest BCUT2D eigenvalue weighted by Crippen LogP contribution is 2.19. The second kappa shape index (κ2) is 6.55. The van der Waals surface area contributed by atoms with Crippen molar-refractivity contribution >= 4 is 0 Å². The molecule has 1 aromatic heterocycles. The summed E-state index contributed by atoms with van der Waals surface area (Å²) in [5.41, 5.74) is 1.47. The van der Waals surface area contributed by atoms with Gasteiger partial charge >= 0.3 is 0 Å². The van der Waals surface area contributed by atoms with E-state index in [1.54, 1.807) is 13.2 Å². The quantitative estimate of drug-likeness (QED) is 0.831. The number of ether oxygens (including phenoxy) is 1. The lowest BCUT2D eigenvalue weighted by Crippen LogP contribution is -2.19. The molecule has 5 nitrogen and oxygen atoms in total. The molecule has 0 atom stereocenters. The van der Waals surface area contributed by atoms with Gasteiger partial charge in [0.05, 0.1) is 25.5 Å². The highest BCUT2D eigenvalue weighted by Gasteiger charge is 2.03. The molecule has 0 amide bonds. The van der Waals surface area contributed by atoms with E-state index >= 15 is 0 Å². The second-order valence-corrected chi connectivity index (χ2v) is 4.04. The van der Waals surface area contributed by atoms with E-state index in [2.05, 4.69) is 16.8 Å². The van der Waals surface area contributed by atoms with Crippen molar-refractivity contribution in [2.45, 2.75) is 6.54 Å². The van der Waals surface area contributed by atoms with Crippen molar-refractivity contribution in [3.8, 4) is 17.6 Å². The van der Waals surface area contributed by atoms with E-state index in [9.17, 15) is 4.79 Å². The first kappa shape index (κ1) is 13.8. The lowest BCUT2D eigenvalue weighted by molar-refractivity contribution is 0.350. The summed E-state index contributed by atoms with van der Waals surface area (Å²) in [6.45, 7) is 0.194. The standard InChI is InChI=1S/C15H14N2O3/c1-20-14-5-4-12(9-13(14)3-2-8-18)10-17-11-16-7-6-15(17)19/h4-7,9,11,18H,8,10H2,1H3. The Balaban J connectivity index is 2.34. The largest absolute Gasteiger partial charge is 0.495 e. The van der Waals surface area contributed by atoms with Crippen molar-refractivity contribution in [3.05, 3.63) is 58.3 Å². The van der Waals surface area contributed by atoms with Crippen molar-refractivity contribution in [2.24, 2.45) is 0 Å². The van der Waals surface area contributed by atoms with Crippen LogP contribution in [0.25, 0.3) is 0 Å². The van der Waals surface area contributed by atoms with Crippen molar-refractivity contribution < 1.29 is 9.84 Å². The molecule has 0 saturated heterocycles. The van der Waals surface area contributed by atoms with E-state index in [-0.39, 0.29) is 12.2 Å². The van der Waals surface area contributed by atoms with Gasteiger partial charge in [-0.25, -0.2) is 4.98 Å². The number of methoxy groups -OCH3 is 1. The Hall–Kier alpha value is -2.58. The molecule has 0 aliphatic rings. The van der Waals surface area contributed by atoms with E-state index in [0.717, 1.165) is 5.56 Å². The van der Waals surface area contributed by atoms with E-state index in [4.69, 9.17) is 9.84 Å². The van der Waals surface area contributed by atoms with Crippen LogP contribution in [0.4, 0.5) is 0 Å². The third-order valence-electron chi connectivity index (χ3n) is 2.71. The predicted octanol–water partition coefficient (Wildman–Crippen LogP) is 0.644. The fourth-order valence-electron chi connectivity index (χ4n) is 1.78. The monoisotopic (exact) mass is 270 g/mol. The van der Waals surface area contributed by atoms with Gasteiger partial charge < -0.3 is 9.84 Å². The second-order valence-electron chi connectivity index (χ2n) is 4.04. The number of rotatable bonds is 3. The minimum absolute atomic E-state index is 0.112. The van der Waals surface area contributed by atoms with E-state index < -0.39 is 0 Å². The van der Waals surface area contributed by atoms with Crippen LogP contribution in [0.1, 0.15) is 11.1 Å². The fourth-order valence-corrected chi connectivity index (χ4v) is 1.78. The molecule has 0 fully saturated rings. The molecule has 1 N–H and O–H groups in total. The summed E-state index contributed by atoms with van der Waals surface area (Å²) < 4.78 is 6.71. The van der Waals surface area contributed by atoms with Gasteiger partial charge in [0.2, 0.25) is 0 Å². The molecule has 0 spiro atoms. The molecular weight excluding hydrogens is 256 g/mol. The molecule has 0 unspecified atom stereocenters. The van der Waals surface area contributed by atoms with Gasteiger partial charge in [0.1, 0.15) is 12.4 Å². The minimum atomic E-state index is -0.213. The lowest BCUT2D eigenvalue weighted by Gasteiger charge is -2.08. The van der Waals surface area contributed by atoms with E-state index in [1.165, 1.54) is 23.2 Å². The summed E-state index contributed by atoms with van der Waals surface area (Å²) in [6.07, 6.45) is 2.96. The van der Waals surface area contributed by atoms with Crippen molar-refractivity contribution in [3.63, 3.8) is 0 Å². The molecule has 0 aliphatic heterocycles. The Bertz CT molecular complexity index is 711. The molecular formula is C15H14N2O3. The zero-order chi connectivity index (χ0) is 14.4. The van der Waals surface area contributed by atoms with E-state index in [1.807, 2.05) is 12.1 Å². The summed E-state index contributed by atoms with van der Waals surface area (Å²) in [4.78, 5) is 15.6. The maximum Gasteiger partial charge on any atom is 0.253 e. The Morgan fingerprint density at radius 2 is 2.25 bits per heavy atom.